The van der Waals surface area contributed by atoms with Crippen LogP contribution in [-0.4, -0.2) is 33.6 Å². The minimum absolute atomic E-state index is 0.405. The number of hydrogen-bond donors (Lipinski definition) is 2. The lowest BCUT2D eigenvalue weighted by molar-refractivity contribution is -0.0240. The van der Waals surface area contributed by atoms with E-state index in [1.54, 1.807) is 0 Å². The first-order valence-corrected chi connectivity index (χ1v) is 7.29. The van der Waals surface area contributed by atoms with E-state index in [-0.39, 0.29) is 0 Å². The molecule has 0 aromatic carbocycles. The third-order valence-corrected chi connectivity index (χ3v) is 4.34. The maximum absolute atomic E-state index is 10.5. The van der Waals surface area contributed by atoms with Crippen LogP contribution in [0.3, 0.4) is 0 Å². The summed E-state index contributed by atoms with van der Waals surface area (Å²) in [4.78, 5) is 0. The summed E-state index contributed by atoms with van der Waals surface area (Å²) < 4.78 is 1.83. The van der Waals surface area contributed by atoms with E-state index in [9.17, 15) is 5.11 Å². The van der Waals surface area contributed by atoms with Crippen molar-refractivity contribution < 1.29 is 5.11 Å². The molecular weight excluding hydrogens is 238 g/mol. The lowest BCUT2D eigenvalue weighted by atomic mass is 9.71. The van der Waals surface area contributed by atoms with E-state index in [1.165, 1.54) is 5.56 Å². The van der Waals surface area contributed by atoms with Gasteiger partial charge in [0.1, 0.15) is 0 Å². The summed E-state index contributed by atoms with van der Waals surface area (Å²) >= 11 is 0. The monoisotopic (exact) mass is 265 g/mol. The zero-order valence-corrected chi connectivity index (χ0v) is 12.4. The Kier molecular flexibility index (Phi) is 4.31. The van der Waals surface area contributed by atoms with Crippen LogP contribution in [0.4, 0.5) is 0 Å². The number of aromatic nitrogens is 2. The highest BCUT2D eigenvalue weighted by Crippen LogP contribution is 2.39. The normalized spacial score (nSPS) is 21.5. The number of aliphatic hydroxyl groups is 1. The third kappa shape index (κ3) is 4.32. The molecule has 19 heavy (non-hydrogen) atoms. The van der Waals surface area contributed by atoms with Crippen molar-refractivity contribution in [3.8, 4) is 0 Å². The molecule has 1 fully saturated rings. The van der Waals surface area contributed by atoms with E-state index in [0.29, 0.717) is 12.0 Å². The number of nitrogens with zero attached hydrogens (tertiary/aromatic N) is 2. The maximum Gasteiger partial charge on any atom is 0.0772 e. The fourth-order valence-electron chi connectivity index (χ4n) is 2.72. The van der Waals surface area contributed by atoms with Crippen LogP contribution in [-0.2, 0) is 13.5 Å². The zero-order chi connectivity index (χ0) is 13.9. The second-order valence-electron chi connectivity index (χ2n) is 6.84. The fraction of sp³-hybridized carbons (Fsp3) is 0.800. The Labute approximate surface area is 116 Å². The van der Waals surface area contributed by atoms with Crippen molar-refractivity contribution >= 4 is 0 Å². The smallest absolute Gasteiger partial charge is 0.0772 e. The molecule has 1 aliphatic carbocycles. The van der Waals surface area contributed by atoms with Crippen molar-refractivity contribution in [2.45, 2.75) is 51.6 Å². The first kappa shape index (κ1) is 14.5. The first-order valence-electron chi connectivity index (χ1n) is 7.29. The molecule has 2 rings (SSSR count). The minimum atomic E-state index is -0.496. The lowest BCUT2D eigenvalue weighted by Crippen LogP contribution is -2.45. The number of aryl methyl sites for hydroxylation is 1. The van der Waals surface area contributed by atoms with Gasteiger partial charge in [0.25, 0.3) is 0 Å². The van der Waals surface area contributed by atoms with Crippen LogP contribution in [0, 0.1) is 5.41 Å². The van der Waals surface area contributed by atoms with Gasteiger partial charge in [-0.25, -0.2) is 0 Å². The third-order valence-electron chi connectivity index (χ3n) is 4.34. The summed E-state index contributed by atoms with van der Waals surface area (Å²) in [5.41, 5.74) is 1.15. The highest BCUT2D eigenvalue weighted by Gasteiger charge is 2.36. The molecule has 4 heteroatoms. The fourth-order valence-corrected chi connectivity index (χ4v) is 2.72. The second kappa shape index (κ2) is 5.63. The van der Waals surface area contributed by atoms with Gasteiger partial charge in [-0.3, -0.25) is 4.68 Å². The molecular formula is C15H27N3O. The molecule has 0 unspecified atom stereocenters. The van der Waals surface area contributed by atoms with E-state index in [1.807, 2.05) is 24.1 Å². The van der Waals surface area contributed by atoms with Crippen LogP contribution in [0.15, 0.2) is 12.4 Å². The molecule has 0 aliphatic heterocycles. The zero-order valence-electron chi connectivity index (χ0n) is 12.4. The molecule has 2 N–H and O–H groups in total. The number of nitrogens with one attached hydrogen (secondary N) is 1. The van der Waals surface area contributed by atoms with E-state index >= 15 is 0 Å². The van der Waals surface area contributed by atoms with Gasteiger partial charge in [0.2, 0.25) is 0 Å². The van der Waals surface area contributed by atoms with E-state index in [4.69, 9.17) is 0 Å². The van der Waals surface area contributed by atoms with Crippen LogP contribution >= 0.6 is 0 Å². The molecule has 0 radical (unpaired) electrons. The predicted molar refractivity (Wildman–Crippen MR) is 77.0 cm³/mol. The van der Waals surface area contributed by atoms with Crippen LogP contribution in [0.2, 0.25) is 0 Å². The van der Waals surface area contributed by atoms with Gasteiger partial charge in [-0.2, -0.15) is 5.10 Å². The summed E-state index contributed by atoms with van der Waals surface area (Å²) in [5, 5.41) is 18.1. The average molecular weight is 265 g/mol. The van der Waals surface area contributed by atoms with Gasteiger partial charge in [-0.15, -0.1) is 0 Å². The Hall–Kier alpha value is -0.870. The molecule has 4 nitrogen and oxygen atoms in total. The first-order chi connectivity index (χ1) is 8.89. The molecule has 1 aromatic heterocycles. The molecule has 1 aliphatic rings. The van der Waals surface area contributed by atoms with Crippen molar-refractivity contribution in [3.63, 3.8) is 0 Å². The van der Waals surface area contributed by atoms with Gasteiger partial charge in [0, 0.05) is 19.8 Å². The highest BCUT2D eigenvalue weighted by molar-refractivity contribution is 5.04. The van der Waals surface area contributed by atoms with Gasteiger partial charge in [-0.1, -0.05) is 13.8 Å². The maximum atomic E-state index is 10.5. The van der Waals surface area contributed by atoms with Crippen molar-refractivity contribution in [1.82, 2.24) is 15.1 Å². The van der Waals surface area contributed by atoms with E-state index < -0.39 is 5.60 Å². The Balaban J connectivity index is 1.68. The SMILES string of the molecule is Cn1cc(CCNCC2(O)CCC(C)(C)CC2)cn1. The largest absolute Gasteiger partial charge is 0.389 e. The molecule has 0 saturated heterocycles. The Morgan fingerprint density at radius 1 is 1.32 bits per heavy atom. The molecule has 0 atom stereocenters. The van der Waals surface area contributed by atoms with Crippen molar-refractivity contribution in [2.75, 3.05) is 13.1 Å². The van der Waals surface area contributed by atoms with Crippen molar-refractivity contribution in [3.05, 3.63) is 18.0 Å². The van der Waals surface area contributed by atoms with Crippen molar-refractivity contribution in [1.29, 1.82) is 0 Å². The van der Waals surface area contributed by atoms with Gasteiger partial charge in [0.05, 0.1) is 11.8 Å². The Morgan fingerprint density at radius 3 is 2.58 bits per heavy atom. The number of rotatable bonds is 5. The molecule has 0 bridgehead atoms. The summed E-state index contributed by atoms with van der Waals surface area (Å²) in [6.45, 7) is 6.20. The van der Waals surface area contributed by atoms with Crippen LogP contribution in [0.25, 0.3) is 0 Å². The van der Waals surface area contributed by atoms with Gasteiger partial charge in [0.15, 0.2) is 0 Å². The minimum Gasteiger partial charge on any atom is -0.389 e. The quantitative estimate of drug-likeness (QED) is 0.799. The summed E-state index contributed by atoms with van der Waals surface area (Å²) in [6, 6.07) is 0. The predicted octanol–water partition coefficient (Wildman–Crippen LogP) is 1.88. The van der Waals surface area contributed by atoms with E-state index in [0.717, 1.165) is 38.6 Å². The molecule has 0 amide bonds. The topological polar surface area (TPSA) is 50.1 Å². The molecule has 1 heterocycles. The molecule has 1 saturated carbocycles. The van der Waals surface area contributed by atoms with Gasteiger partial charge >= 0.3 is 0 Å². The summed E-state index contributed by atoms with van der Waals surface area (Å²) in [5.74, 6) is 0. The van der Waals surface area contributed by atoms with E-state index in [2.05, 4.69) is 24.3 Å². The van der Waals surface area contributed by atoms with Gasteiger partial charge in [-0.05, 0) is 49.6 Å². The molecule has 1 aromatic rings. The average Bonchev–Trinajstić information content (AvgIpc) is 2.76. The molecule has 0 spiro atoms. The standard InChI is InChI=1S/C15H27N3O/c1-14(2)5-7-15(19,8-6-14)12-16-9-4-13-10-17-18(3)11-13/h10-11,16,19H,4-9,12H2,1-3H3. The van der Waals surface area contributed by atoms with Crippen LogP contribution < -0.4 is 5.32 Å². The summed E-state index contributed by atoms with van der Waals surface area (Å²) in [7, 11) is 1.93. The van der Waals surface area contributed by atoms with Crippen LogP contribution in [0.1, 0.15) is 45.1 Å². The Morgan fingerprint density at radius 2 is 2.00 bits per heavy atom. The molecule has 108 valence electrons. The number of hydrogen-bond acceptors (Lipinski definition) is 3. The highest BCUT2D eigenvalue weighted by atomic mass is 16.3. The van der Waals surface area contributed by atoms with Crippen molar-refractivity contribution in [2.24, 2.45) is 12.5 Å². The van der Waals surface area contributed by atoms with Gasteiger partial charge < -0.3 is 10.4 Å². The van der Waals surface area contributed by atoms with Crippen LogP contribution in [0.5, 0.6) is 0 Å². The second-order valence-corrected chi connectivity index (χ2v) is 6.84. The lowest BCUT2D eigenvalue weighted by Gasteiger charge is -2.40. The summed E-state index contributed by atoms with van der Waals surface area (Å²) in [6.07, 6.45) is 8.98. The Bertz CT molecular complexity index is 401.